The molecule has 1 N–H and O–H groups in total. The quantitative estimate of drug-likeness (QED) is 0.742. The zero-order valence-electron chi connectivity index (χ0n) is 13.0. The molecule has 20 heavy (non-hydrogen) atoms. The minimum Gasteiger partial charge on any atom is -0.465 e. The van der Waals surface area contributed by atoms with Crippen molar-refractivity contribution in [3.63, 3.8) is 0 Å². The Balaban J connectivity index is 2.47. The second-order valence-electron chi connectivity index (χ2n) is 5.16. The number of likely N-dealkylation sites (N-methyl/N-ethyl adjacent to an activating group) is 1. The summed E-state index contributed by atoms with van der Waals surface area (Å²) in [7, 11) is 3.87. The lowest BCUT2D eigenvalue weighted by atomic mass is 9.96. The number of rotatable bonds is 8. The van der Waals surface area contributed by atoms with Crippen LogP contribution in [0.5, 0.6) is 0 Å². The van der Waals surface area contributed by atoms with Crippen LogP contribution in [0.1, 0.15) is 26.7 Å². The highest BCUT2D eigenvalue weighted by atomic mass is 16.5. The third kappa shape index (κ3) is 4.53. The second kappa shape index (κ2) is 7.90. The molecule has 0 heterocycles. The Bertz CT molecular complexity index is 408. The number of nitrogens with zero attached hydrogens (tertiary/aromatic N) is 1. The predicted molar refractivity (Wildman–Crippen MR) is 83.0 cm³/mol. The van der Waals surface area contributed by atoms with Crippen LogP contribution in [0.2, 0.25) is 0 Å². The van der Waals surface area contributed by atoms with Gasteiger partial charge in [0.15, 0.2) is 0 Å². The molecule has 1 atom stereocenters. The molecule has 1 aromatic rings. The molecule has 0 amide bonds. The van der Waals surface area contributed by atoms with Gasteiger partial charge in [0.25, 0.3) is 0 Å². The van der Waals surface area contributed by atoms with Crippen LogP contribution in [-0.2, 0) is 9.53 Å². The summed E-state index contributed by atoms with van der Waals surface area (Å²) >= 11 is 0. The van der Waals surface area contributed by atoms with Gasteiger partial charge in [-0.1, -0.05) is 18.2 Å². The molecule has 4 nitrogen and oxygen atoms in total. The van der Waals surface area contributed by atoms with Crippen molar-refractivity contribution < 1.29 is 9.53 Å². The van der Waals surface area contributed by atoms with Crippen LogP contribution in [0.3, 0.4) is 0 Å². The first-order valence-corrected chi connectivity index (χ1v) is 7.16. The van der Waals surface area contributed by atoms with Crippen molar-refractivity contribution in [2.24, 2.45) is 0 Å². The molecule has 0 saturated carbocycles. The van der Waals surface area contributed by atoms with Crippen molar-refractivity contribution in [1.82, 2.24) is 5.32 Å². The third-order valence-electron chi connectivity index (χ3n) is 3.64. The van der Waals surface area contributed by atoms with E-state index in [-0.39, 0.29) is 5.97 Å². The highest BCUT2D eigenvalue weighted by Gasteiger charge is 2.32. The number of para-hydroxylation sites is 1. The van der Waals surface area contributed by atoms with Gasteiger partial charge in [0.2, 0.25) is 0 Å². The number of carbonyl (C=O) groups is 1. The Kier molecular flexibility index (Phi) is 6.52. The molecular formula is C16H26N2O2. The Morgan fingerprint density at radius 3 is 2.55 bits per heavy atom. The van der Waals surface area contributed by atoms with Crippen LogP contribution in [0.25, 0.3) is 0 Å². The van der Waals surface area contributed by atoms with E-state index in [9.17, 15) is 4.79 Å². The minimum absolute atomic E-state index is 0.176. The fourth-order valence-corrected chi connectivity index (χ4v) is 2.10. The first-order valence-electron chi connectivity index (χ1n) is 7.16. The maximum atomic E-state index is 11.9. The molecule has 112 valence electrons. The fraction of sp³-hybridized carbons (Fsp3) is 0.562. The van der Waals surface area contributed by atoms with Gasteiger partial charge in [-0.25, -0.2) is 0 Å². The summed E-state index contributed by atoms with van der Waals surface area (Å²) in [6.45, 7) is 5.05. The Labute approximate surface area is 122 Å². The van der Waals surface area contributed by atoms with E-state index in [0.29, 0.717) is 6.61 Å². The number of carbonyl (C=O) groups excluding carboxylic acids is 1. The molecule has 0 aliphatic carbocycles. The van der Waals surface area contributed by atoms with E-state index >= 15 is 0 Å². The molecule has 0 radical (unpaired) electrons. The highest BCUT2D eigenvalue weighted by molar-refractivity contribution is 5.80. The summed E-state index contributed by atoms with van der Waals surface area (Å²) in [5.41, 5.74) is 0.586. The Morgan fingerprint density at radius 1 is 1.35 bits per heavy atom. The fourth-order valence-electron chi connectivity index (χ4n) is 2.10. The number of esters is 1. The molecule has 0 saturated heterocycles. The van der Waals surface area contributed by atoms with Gasteiger partial charge in [-0.3, -0.25) is 4.79 Å². The monoisotopic (exact) mass is 278 g/mol. The lowest BCUT2D eigenvalue weighted by molar-refractivity contribution is -0.150. The van der Waals surface area contributed by atoms with Crippen LogP contribution < -0.4 is 10.2 Å². The van der Waals surface area contributed by atoms with E-state index in [0.717, 1.165) is 19.4 Å². The van der Waals surface area contributed by atoms with Crippen LogP contribution in [0.4, 0.5) is 5.69 Å². The molecule has 1 rings (SSSR count). The van der Waals surface area contributed by atoms with Crippen molar-refractivity contribution in [2.75, 3.05) is 32.1 Å². The average molecular weight is 278 g/mol. The molecule has 0 aromatic heterocycles. The van der Waals surface area contributed by atoms with Gasteiger partial charge in [-0.2, -0.15) is 0 Å². The third-order valence-corrected chi connectivity index (χ3v) is 3.64. The number of ether oxygens (including phenoxy) is 1. The smallest absolute Gasteiger partial charge is 0.326 e. The van der Waals surface area contributed by atoms with E-state index in [4.69, 9.17) is 4.74 Å². The van der Waals surface area contributed by atoms with Gasteiger partial charge in [-0.15, -0.1) is 0 Å². The largest absolute Gasteiger partial charge is 0.465 e. The summed E-state index contributed by atoms with van der Waals surface area (Å²) < 4.78 is 5.13. The van der Waals surface area contributed by atoms with Crippen molar-refractivity contribution in [3.8, 4) is 0 Å². The summed E-state index contributed by atoms with van der Waals surface area (Å²) in [4.78, 5) is 14.1. The maximum Gasteiger partial charge on any atom is 0.326 e. The average Bonchev–Trinajstić information content (AvgIpc) is 2.48. The van der Waals surface area contributed by atoms with Gasteiger partial charge >= 0.3 is 5.97 Å². The molecule has 0 aliphatic rings. The predicted octanol–water partition coefficient (Wildman–Crippen LogP) is 2.44. The van der Waals surface area contributed by atoms with Crippen LogP contribution in [0, 0.1) is 0 Å². The first kappa shape index (κ1) is 16.5. The number of hydrogen-bond acceptors (Lipinski definition) is 4. The topological polar surface area (TPSA) is 41.6 Å². The van der Waals surface area contributed by atoms with Crippen molar-refractivity contribution in [3.05, 3.63) is 30.3 Å². The Morgan fingerprint density at radius 2 is 2.00 bits per heavy atom. The summed E-state index contributed by atoms with van der Waals surface area (Å²) in [5, 5.41) is 3.08. The van der Waals surface area contributed by atoms with Gasteiger partial charge in [0.05, 0.1) is 6.61 Å². The minimum atomic E-state index is -0.604. The molecular weight excluding hydrogens is 252 g/mol. The lowest BCUT2D eigenvalue weighted by Crippen LogP contribution is -2.49. The van der Waals surface area contributed by atoms with Crippen molar-refractivity contribution >= 4 is 11.7 Å². The second-order valence-corrected chi connectivity index (χ2v) is 5.16. The molecule has 0 aliphatic heterocycles. The van der Waals surface area contributed by atoms with Gasteiger partial charge in [0, 0.05) is 19.3 Å². The highest BCUT2D eigenvalue weighted by Crippen LogP contribution is 2.17. The normalized spacial score (nSPS) is 13.6. The van der Waals surface area contributed by atoms with Crippen LogP contribution in [0.15, 0.2) is 30.3 Å². The van der Waals surface area contributed by atoms with E-state index < -0.39 is 5.54 Å². The van der Waals surface area contributed by atoms with Crippen molar-refractivity contribution in [1.29, 1.82) is 0 Å². The molecule has 1 aromatic carbocycles. The van der Waals surface area contributed by atoms with Crippen LogP contribution >= 0.6 is 0 Å². The van der Waals surface area contributed by atoms with Crippen molar-refractivity contribution in [2.45, 2.75) is 32.2 Å². The van der Waals surface area contributed by atoms with Gasteiger partial charge in [0.1, 0.15) is 5.54 Å². The molecule has 1 unspecified atom stereocenters. The number of benzene rings is 1. The number of nitrogens with one attached hydrogen (secondary N) is 1. The molecule has 0 bridgehead atoms. The van der Waals surface area contributed by atoms with E-state index in [1.807, 2.05) is 32.0 Å². The lowest BCUT2D eigenvalue weighted by Gasteiger charge is -2.28. The SMILES string of the molecule is CCOC(=O)C(C)(CCCN(C)c1ccccc1)NC. The number of anilines is 1. The molecule has 0 fully saturated rings. The summed E-state index contributed by atoms with van der Waals surface area (Å²) in [5.74, 6) is -0.176. The van der Waals surface area contributed by atoms with E-state index in [2.05, 4.69) is 29.4 Å². The standard InChI is InChI=1S/C16H26N2O2/c1-5-20-15(19)16(2,17-3)12-9-13-18(4)14-10-7-6-8-11-14/h6-8,10-11,17H,5,9,12-13H2,1-4H3. The zero-order valence-corrected chi connectivity index (χ0v) is 13.0. The molecule has 0 spiro atoms. The van der Waals surface area contributed by atoms with Gasteiger partial charge < -0.3 is 15.0 Å². The summed E-state index contributed by atoms with van der Waals surface area (Å²) in [6, 6.07) is 10.2. The van der Waals surface area contributed by atoms with Crippen LogP contribution in [-0.4, -0.2) is 38.8 Å². The zero-order chi connectivity index (χ0) is 15.0. The van der Waals surface area contributed by atoms with E-state index in [1.165, 1.54) is 5.69 Å². The molecule has 4 heteroatoms. The van der Waals surface area contributed by atoms with E-state index in [1.54, 1.807) is 7.05 Å². The maximum absolute atomic E-state index is 11.9. The summed E-state index contributed by atoms with van der Waals surface area (Å²) in [6.07, 6.45) is 1.67. The van der Waals surface area contributed by atoms with Gasteiger partial charge in [-0.05, 0) is 45.9 Å². The first-order chi connectivity index (χ1) is 9.53. The number of hydrogen-bond donors (Lipinski definition) is 1. The Hall–Kier alpha value is -1.55.